The molecule has 29 heavy (non-hydrogen) atoms. The zero-order chi connectivity index (χ0) is 20.1. The van der Waals surface area contributed by atoms with Gasteiger partial charge in [0.15, 0.2) is 16.7 Å². The number of nitrogens with one attached hydrogen (secondary N) is 1. The van der Waals surface area contributed by atoms with Gasteiger partial charge in [-0.2, -0.15) is 0 Å². The molecule has 7 heteroatoms. The number of para-hydroxylation sites is 1. The number of rotatable bonds is 6. The topological polar surface area (TPSA) is 62.9 Å². The largest absolute Gasteiger partial charge is 0.457 e. The minimum Gasteiger partial charge on any atom is -0.457 e. The van der Waals surface area contributed by atoms with Gasteiger partial charge in [0.05, 0.1) is 16.8 Å². The molecule has 1 fully saturated rings. The van der Waals surface area contributed by atoms with Crippen LogP contribution in [0.3, 0.4) is 0 Å². The van der Waals surface area contributed by atoms with Gasteiger partial charge < -0.3 is 19.4 Å². The summed E-state index contributed by atoms with van der Waals surface area (Å²) in [5.41, 5.74) is 1.01. The van der Waals surface area contributed by atoms with Crippen molar-refractivity contribution >= 4 is 27.5 Å². The number of thiazole rings is 1. The second-order valence-corrected chi connectivity index (χ2v) is 8.45. The Bertz CT molecular complexity index is 926. The predicted molar refractivity (Wildman–Crippen MR) is 118 cm³/mol. The average molecular weight is 413 g/mol. The third kappa shape index (κ3) is 4.97. The van der Waals surface area contributed by atoms with Gasteiger partial charge in [-0.05, 0) is 49.4 Å². The lowest BCUT2D eigenvalue weighted by molar-refractivity contribution is 0.0625. The second kappa shape index (κ2) is 9.41. The van der Waals surface area contributed by atoms with Gasteiger partial charge in [-0.25, -0.2) is 4.98 Å². The monoisotopic (exact) mass is 412 g/mol. The molecule has 0 spiro atoms. The standard InChI is InChI=1S/C22H28N4O2S/c1-23-22(26(2)12-9-16-10-13-27-14-11-16)24-15-17-7-8-19(28-17)21-25-18-5-3-4-6-20(18)29-21/h3-8,16H,9-15H2,1-2H3,(H,23,24). The van der Waals surface area contributed by atoms with Gasteiger partial charge in [0.2, 0.25) is 0 Å². The van der Waals surface area contributed by atoms with Crippen LogP contribution < -0.4 is 5.32 Å². The van der Waals surface area contributed by atoms with Crippen molar-refractivity contribution < 1.29 is 9.15 Å². The maximum absolute atomic E-state index is 6.03. The van der Waals surface area contributed by atoms with Crippen molar-refractivity contribution in [1.29, 1.82) is 0 Å². The number of guanidine groups is 1. The Labute approximate surface area is 175 Å². The van der Waals surface area contributed by atoms with E-state index >= 15 is 0 Å². The van der Waals surface area contributed by atoms with Crippen molar-refractivity contribution in [2.24, 2.45) is 10.9 Å². The summed E-state index contributed by atoms with van der Waals surface area (Å²) < 4.78 is 12.6. The highest BCUT2D eigenvalue weighted by molar-refractivity contribution is 7.21. The molecule has 154 valence electrons. The van der Waals surface area contributed by atoms with Crippen LogP contribution in [0, 0.1) is 5.92 Å². The number of nitrogens with zero attached hydrogens (tertiary/aromatic N) is 3. The number of aromatic nitrogens is 1. The average Bonchev–Trinajstić information content (AvgIpc) is 3.40. The van der Waals surface area contributed by atoms with Crippen molar-refractivity contribution in [2.75, 3.05) is 33.9 Å². The number of ether oxygens (including phenoxy) is 1. The Morgan fingerprint density at radius 3 is 2.86 bits per heavy atom. The van der Waals surface area contributed by atoms with E-state index in [1.807, 2.05) is 37.4 Å². The predicted octanol–water partition coefficient (Wildman–Crippen LogP) is 4.38. The molecule has 0 amide bonds. The summed E-state index contributed by atoms with van der Waals surface area (Å²) in [7, 11) is 3.91. The summed E-state index contributed by atoms with van der Waals surface area (Å²) in [6, 6.07) is 12.2. The first kappa shape index (κ1) is 19.9. The van der Waals surface area contributed by atoms with E-state index in [1.54, 1.807) is 11.3 Å². The Kier molecular flexibility index (Phi) is 6.46. The zero-order valence-corrected chi connectivity index (χ0v) is 17.9. The van der Waals surface area contributed by atoms with E-state index in [0.29, 0.717) is 6.54 Å². The number of hydrogen-bond donors (Lipinski definition) is 1. The fourth-order valence-corrected chi connectivity index (χ4v) is 4.56. The lowest BCUT2D eigenvalue weighted by Gasteiger charge is -2.26. The lowest BCUT2D eigenvalue weighted by atomic mass is 9.96. The molecule has 0 saturated carbocycles. The van der Waals surface area contributed by atoms with Crippen LogP contribution in [0.1, 0.15) is 25.0 Å². The normalized spacial score (nSPS) is 15.7. The fraction of sp³-hybridized carbons (Fsp3) is 0.455. The maximum Gasteiger partial charge on any atom is 0.193 e. The van der Waals surface area contributed by atoms with E-state index in [1.165, 1.54) is 24.0 Å². The molecule has 0 bridgehead atoms. The number of benzene rings is 1. The number of hydrogen-bond acceptors (Lipinski definition) is 5. The first-order valence-electron chi connectivity index (χ1n) is 10.2. The Balaban J connectivity index is 1.31. The van der Waals surface area contributed by atoms with Crippen LogP contribution in [-0.2, 0) is 11.3 Å². The highest BCUT2D eigenvalue weighted by Gasteiger charge is 2.16. The van der Waals surface area contributed by atoms with E-state index in [-0.39, 0.29) is 0 Å². The highest BCUT2D eigenvalue weighted by Crippen LogP contribution is 2.31. The zero-order valence-electron chi connectivity index (χ0n) is 17.1. The van der Waals surface area contributed by atoms with Gasteiger partial charge in [-0.15, -0.1) is 11.3 Å². The number of furan rings is 1. The van der Waals surface area contributed by atoms with Gasteiger partial charge >= 0.3 is 0 Å². The van der Waals surface area contributed by atoms with Gasteiger partial charge in [0.25, 0.3) is 0 Å². The van der Waals surface area contributed by atoms with E-state index in [2.05, 4.69) is 33.3 Å². The summed E-state index contributed by atoms with van der Waals surface area (Å²) in [4.78, 5) is 11.3. The van der Waals surface area contributed by atoms with Gasteiger partial charge in [0, 0.05) is 33.9 Å². The molecule has 1 aliphatic rings. The van der Waals surface area contributed by atoms with Gasteiger partial charge in [-0.3, -0.25) is 4.99 Å². The number of fused-ring (bicyclic) bond motifs is 1. The quantitative estimate of drug-likeness (QED) is 0.481. The maximum atomic E-state index is 6.03. The van der Waals surface area contributed by atoms with E-state index in [0.717, 1.165) is 53.7 Å². The molecule has 0 aliphatic carbocycles. The van der Waals surface area contributed by atoms with Gasteiger partial charge in [-0.1, -0.05) is 12.1 Å². The molecular formula is C22H28N4O2S. The minimum atomic E-state index is 0.596. The summed E-state index contributed by atoms with van der Waals surface area (Å²) in [5, 5.41) is 4.32. The molecule has 3 aromatic rings. The van der Waals surface area contributed by atoms with E-state index in [4.69, 9.17) is 9.15 Å². The van der Waals surface area contributed by atoms with Crippen molar-refractivity contribution in [2.45, 2.75) is 25.8 Å². The van der Waals surface area contributed by atoms with Gasteiger partial charge in [0.1, 0.15) is 5.76 Å². The Hall–Kier alpha value is -2.38. The molecule has 0 unspecified atom stereocenters. The van der Waals surface area contributed by atoms with Crippen LogP contribution in [0.15, 0.2) is 45.8 Å². The molecule has 1 aromatic carbocycles. The molecule has 0 radical (unpaired) electrons. The Morgan fingerprint density at radius 1 is 1.24 bits per heavy atom. The Morgan fingerprint density at radius 2 is 2.07 bits per heavy atom. The third-order valence-electron chi connectivity index (χ3n) is 5.37. The molecule has 1 N–H and O–H groups in total. The van der Waals surface area contributed by atoms with Crippen LogP contribution in [0.4, 0.5) is 0 Å². The fourth-order valence-electron chi connectivity index (χ4n) is 3.63. The molecule has 1 saturated heterocycles. The lowest BCUT2D eigenvalue weighted by Crippen LogP contribution is -2.39. The van der Waals surface area contributed by atoms with Crippen molar-refractivity contribution in [3.05, 3.63) is 42.2 Å². The van der Waals surface area contributed by atoms with Crippen molar-refractivity contribution in [3.8, 4) is 10.8 Å². The first-order chi connectivity index (χ1) is 14.2. The van der Waals surface area contributed by atoms with Crippen LogP contribution in [0.5, 0.6) is 0 Å². The minimum absolute atomic E-state index is 0.596. The SMILES string of the molecule is CN=C(NCc1ccc(-c2nc3ccccc3s2)o1)N(C)CCC1CCOCC1. The third-order valence-corrected chi connectivity index (χ3v) is 6.43. The summed E-state index contributed by atoms with van der Waals surface area (Å²) in [6.07, 6.45) is 3.50. The molecule has 4 rings (SSSR count). The smallest absolute Gasteiger partial charge is 0.193 e. The molecule has 1 aliphatic heterocycles. The van der Waals surface area contributed by atoms with E-state index in [9.17, 15) is 0 Å². The second-order valence-electron chi connectivity index (χ2n) is 7.42. The molecule has 0 atom stereocenters. The van der Waals surface area contributed by atoms with Crippen molar-refractivity contribution in [3.63, 3.8) is 0 Å². The van der Waals surface area contributed by atoms with Crippen LogP contribution >= 0.6 is 11.3 Å². The van der Waals surface area contributed by atoms with Crippen molar-refractivity contribution in [1.82, 2.24) is 15.2 Å². The summed E-state index contributed by atoms with van der Waals surface area (Å²) in [5.74, 6) is 3.32. The number of aliphatic imine (C=N–C) groups is 1. The van der Waals surface area contributed by atoms with E-state index < -0.39 is 0 Å². The molecular weight excluding hydrogens is 384 g/mol. The summed E-state index contributed by atoms with van der Waals surface area (Å²) in [6.45, 7) is 3.38. The highest BCUT2D eigenvalue weighted by atomic mass is 32.1. The first-order valence-corrected chi connectivity index (χ1v) is 11.0. The van der Waals surface area contributed by atoms with Crippen LogP contribution in [-0.4, -0.2) is 49.7 Å². The molecule has 6 nitrogen and oxygen atoms in total. The summed E-state index contributed by atoms with van der Waals surface area (Å²) >= 11 is 1.65. The van der Waals surface area contributed by atoms with Crippen LogP contribution in [0.2, 0.25) is 0 Å². The molecule has 3 heterocycles. The van der Waals surface area contributed by atoms with Crippen LogP contribution in [0.25, 0.3) is 21.0 Å². The molecule has 2 aromatic heterocycles.